The van der Waals surface area contributed by atoms with Gasteiger partial charge in [0.1, 0.15) is 17.8 Å². The molecule has 5 rings (SSSR count). The molecule has 3 aliphatic carbocycles. The number of esters is 2. The normalized spacial score (nSPS) is 39.9. The predicted octanol–water partition coefficient (Wildman–Crippen LogP) is 1.88. The van der Waals surface area contributed by atoms with E-state index in [2.05, 4.69) is 4.74 Å². The van der Waals surface area contributed by atoms with Gasteiger partial charge in [-0.2, -0.15) is 8.78 Å². The summed E-state index contributed by atoms with van der Waals surface area (Å²) >= 11 is 0. The predicted molar refractivity (Wildman–Crippen MR) is 78.9 cm³/mol. The van der Waals surface area contributed by atoms with Crippen LogP contribution in [-0.4, -0.2) is 46.9 Å². The van der Waals surface area contributed by atoms with Crippen molar-refractivity contribution in [3.8, 4) is 0 Å². The molecule has 2 heterocycles. The second-order valence-corrected chi connectivity index (χ2v) is 8.10. The first-order valence-electron chi connectivity index (χ1n) is 8.83. The van der Waals surface area contributed by atoms with Crippen molar-refractivity contribution in [1.82, 2.24) is 0 Å². The molecule has 3 saturated carbocycles. The van der Waals surface area contributed by atoms with E-state index in [1.165, 1.54) is 0 Å². The highest BCUT2D eigenvalue weighted by atomic mass is 19.3. The maximum atomic E-state index is 13.6. The average Bonchev–Trinajstić information content (AvgIpc) is 3.20. The van der Waals surface area contributed by atoms with Gasteiger partial charge in [-0.15, -0.1) is 0 Å². The number of carbonyl (C=O) groups excluding carboxylic acids is 2. The van der Waals surface area contributed by atoms with Crippen molar-refractivity contribution < 1.29 is 42.5 Å². The Morgan fingerprint density at radius 1 is 1.31 bits per heavy atom. The van der Waals surface area contributed by atoms with E-state index in [9.17, 15) is 23.2 Å². The Labute approximate surface area is 148 Å². The summed E-state index contributed by atoms with van der Waals surface area (Å²) in [5.41, 5.74) is -2.35. The molecule has 0 radical (unpaired) electrons. The maximum absolute atomic E-state index is 13.6. The van der Waals surface area contributed by atoms with Gasteiger partial charge in [0.25, 0.3) is 0 Å². The second kappa shape index (κ2) is 5.37. The largest absolute Gasteiger partial charge is 0.475 e. The Balaban J connectivity index is 1.60. The standard InChI is InChI=1S/C17H20F2O7/c1-15(4-2-3-5-15)26-14(23)16-7-8-6-9(16)11(10(8)24-13(16)22)25-17(18,19)12(20)21/h8-11H,2-7H2,1H3,(H,20,21). The lowest BCUT2D eigenvalue weighted by atomic mass is 9.68. The number of ether oxygens (including phenoxy) is 3. The van der Waals surface area contributed by atoms with Crippen LogP contribution in [0.3, 0.4) is 0 Å². The van der Waals surface area contributed by atoms with Crippen molar-refractivity contribution in [2.45, 2.75) is 69.4 Å². The summed E-state index contributed by atoms with van der Waals surface area (Å²) in [5.74, 6) is -5.12. The highest BCUT2D eigenvalue weighted by Gasteiger charge is 2.75. The van der Waals surface area contributed by atoms with Crippen molar-refractivity contribution in [1.29, 1.82) is 0 Å². The zero-order valence-corrected chi connectivity index (χ0v) is 14.2. The zero-order chi connectivity index (χ0) is 18.9. The van der Waals surface area contributed by atoms with Crippen LogP contribution in [0.4, 0.5) is 8.78 Å². The van der Waals surface area contributed by atoms with E-state index in [0.717, 1.165) is 12.8 Å². The van der Waals surface area contributed by atoms with Crippen LogP contribution in [-0.2, 0) is 28.6 Å². The number of carboxylic acid groups (broad SMARTS) is 1. The van der Waals surface area contributed by atoms with Crippen molar-refractivity contribution in [2.24, 2.45) is 17.3 Å². The molecule has 5 unspecified atom stereocenters. The third-order valence-corrected chi connectivity index (χ3v) is 6.46. The van der Waals surface area contributed by atoms with Crippen LogP contribution in [0.2, 0.25) is 0 Å². The molecule has 0 amide bonds. The molecular formula is C17H20F2O7. The molecule has 7 nitrogen and oxygen atoms in total. The average molecular weight is 374 g/mol. The Kier molecular flexibility index (Phi) is 3.64. The third kappa shape index (κ3) is 2.28. The highest BCUT2D eigenvalue weighted by Crippen LogP contribution is 2.63. The molecule has 0 aromatic carbocycles. The van der Waals surface area contributed by atoms with E-state index >= 15 is 0 Å². The van der Waals surface area contributed by atoms with Gasteiger partial charge in [0, 0.05) is 11.8 Å². The van der Waals surface area contributed by atoms with E-state index in [-0.39, 0.29) is 12.3 Å². The fraction of sp³-hybridized carbons (Fsp3) is 0.824. The summed E-state index contributed by atoms with van der Waals surface area (Å²) in [4.78, 5) is 36.1. The lowest BCUT2D eigenvalue weighted by Crippen LogP contribution is -2.62. The minimum absolute atomic E-state index is 0.175. The maximum Gasteiger partial charge on any atom is 0.456 e. The molecule has 5 aliphatic rings. The number of alkyl halides is 2. The van der Waals surface area contributed by atoms with Crippen LogP contribution >= 0.6 is 0 Å². The number of hydrogen-bond acceptors (Lipinski definition) is 6. The number of halogens is 2. The van der Waals surface area contributed by atoms with Gasteiger partial charge in [-0.05, 0) is 45.4 Å². The van der Waals surface area contributed by atoms with Gasteiger partial charge in [0.05, 0.1) is 0 Å². The second-order valence-electron chi connectivity index (χ2n) is 8.10. The van der Waals surface area contributed by atoms with Gasteiger partial charge in [0.2, 0.25) is 0 Å². The first-order chi connectivity index (χ1) is 12.1. The first-order valence-corrected chi connectivity index (χ1v) is 8.83. The van der Waals surface area contributed by atoms with Crippen molar-refractivity contribution >= 4 is 17.9 Å². The van der Waals surface area contributed by atoms with Gasteiger partial charge < -0.3 is 19.3 Å². The number of carbonyl (C=O) groups is 3. The number of hydrogen-bond donors (Lipinski definition) is 1. The topological polar surface area (TPSA) is 99.1 Å². The van der Waals surface area contributed by atoms with Crippen molar-refractivity contribution in [3.05, 3.63) is 0 Å². The fourth-order valence-corrected chi connectivity index (χ4v) is 5.19. The van der Waals surface area contributed by atoms with Crippen LogP contribution in [0.15, 0.2) is 0 Å². The summed E-state index contributed by atoms with van der Waals surface area (Å²) in [6, 6.07) is 0. The molecule has 0 spiro atoms. The minimum atomic E-state index is -4.41. The number of fused-ring (bicyclic) bond motifs is 1. The van der Waals surface area contributed by atoms with Gasteiger partial charge >= 0.3 is 24.0 Å². The van der Waals surface area contributed by atoms with E-state index in [1.54, 1.807) is 6.92 Å². The van der Waals surface area contributed by atoms with Crippen LogP contribution in [0.5, 0.6) is 0 Å². The van der Waals surface area contributed by atoms with Crippen LogP contribution in [0.25, 0.3) is 0 Å². The van der Waals surface area contributed by atoms with Crippen LogP contribution < -0.4 is 0 Å². The molecule has 0 aromatic heterocycles. The van der Waals surface area contributed by atoms with E-state index < -0.39 is 53.2 Å². The Bertz CT molecular complexity index is 672. The van der Waals surface area contributed by atoms with Gasteiger partial charge in [-0.25, -0.2) is 4.79 Å². The molecule has 1 N–H and O–H groups in total. The molecule has 2 saturated heterocycles. The molecule has 2 aliphatic heterocycles. The third-order valence-electron chi connectivity index (χ3n) is 6.46. The molecule has 5 atom stereocenters. The van der Waals surface area contributed by atoms with Crippen molar-refractivity contribution in [3.63, 3.8) is 0 Å². The molecule has 9 heteroatoms. The lowest BCUT2D eigenvalue weighted by molar-refractivity contribution is -0.297. The van der Waals surface area contributed by atoms with Gasteiger partial charge in [0.15, 0.2) is 5.41 Å². The van der Waals surface area contributed by atoms with Crippen LogP contribution in [0, 0.1) is 17.3 Å². The summed E-state index contributed by atoms with van der Waals surface area (Å²) in [6.07, 6.45) is -3.05. The van der Waals surface area contributed by atoms with Gasteiger partial charge in [-0.3, -0.25) is 9.59 Å². The van der Waals surface area contributed by atoms with E-state index in [4.69, 9.17) is 14.6 Å². The van der Waals surface area contributed by atoms with Crippen molar-refractivity contribution in [2.75, 3.05) is 0 Å². The monoisotopic (exact) mass is 374 g/mol. The SMILES string of the molecule is CC1(OC(=O)C23CC4CC2C(OC(F)(F)C(=O)O)C4OC3=O)CCCC1. The lowest BCUT2D eigenvalue weighted by Gasteiger charge is -2.47. The zero-order valence-electron chi connectivity index (χ0n) is 14.2. The summed E-state index contributed by atoms with van der Waals surface area (Å²) in [5, 5.41) is 8.62. The van der Waals surface area contributed by atoms with E-state index in [1.807, 2.05) is 0 Å². The van der Waals surface area contributed by atoms with Gasteiger partial charge in [-0.1, -0.05) is 0 Å². The molecule has 26 heavy (non-hydrogen) atoms. The summed E-state index contributed by atoms with van der Waals surface area (Å²) in [7, 11) is 0. The molecular weight excluding hydrogens is 354 g/mol. The first kappa shape index (κ1) is 17.6. The number of carboxylic acids is 1. The summed E-state index contributed by atoms with van der Waals surface area (Å²) in [6.45, 7) is 1.80. The number of aliphatic carboxylic acids is 1. The van der Waals surface area contributed by atoms with E-state index in [0.29, 0.717) is 19.3 Å². The summed E-state index contributed by atoms with van der Waals surface area (Å²) < 4.78 is 42.5. The molecule has 144 valence electrons. The molecule has 0 aromatic rings. The molecule has 5 fully saturated rings. The Morgan fingerprint density at radius 2 is 1.96 bits per heavy atom. The highest BCUT2D eigenvalue weighted by molar-refractivity contribution is 6.02. The quantitative estimate of drug-likeness (QED) is 0.579. The van der Waals surface area contributed by atoms with Crippen LogP contribution in [0.1, 0.15) is 45.4 Å². The Hall–Kier alpha value is -1.77. The molecule has 4 bridgehead atoms. The smallest absolute Gasteiger partial charge is 0.456 e. The fourth-order valence-electron chi connectivity index (χ4n) is 5.19. The minimum Gasteiger partial charge on any atom is -0.475 e. The number of rotatable bonds is 5. The Morgan fingerprint density at radius 3 is 2.58 bits per heavy atom.